The molecule has 2 heterocycles. The molecule has 0 spiro atoms. The van der Waals surface area contributed by atoms with Gasteiger partial charge in [0.2, 0.25) is 0 Å². The number of nitrogens with one attached hydrogen (secondary N) is 1. The Morgan fingerprint density at radius 2 is 2.30 bits per heavy atom. The van der Waals surface area contributed by atoms with Gasteiger partial charge in [-0.3, -0.25) is 4.79 Å². The zero-order chi connectivity index (χ0) is 14.1. The minimum absolute atomic E-state index is 0.0121. The number of benzene rings is 1. The quantitative estimate of drug-likeness (QED) is 0.871. The first kappa shape index (κ1) is 13.2. The molecular weight excluding hydrogens is 283 g/mol. The van der Waals surface area contributed by atoms with Crippen molar-refractivity contribution in [2.24, 2.45) is 0 Å². The number of nitrogens with zero attached hydrogens (tertiary/aromatic N) is 3. The first-order valence-corrected chi connectivity index (χ1v) is 6.61. The number of rotatable bonds is 4. The molecule has 0 atom stereocenters. The second-order valence-corrected chi connectivity index (χ2v) is 5.14. The van der Waals surface area contributed by atoms with Gasteiger partial charge in [0, 0.05) is 24.5 Å². The third kappa shape index (κ3) is 2.57. The van der Waals surface area contributed by atoms with Crippen LogP contribution in [-0.4, -0.2) is 33.9 Å². The Balaban J connectivity index is 1.75. The maximum atomic E-state index is 13.2. The number of carbonyl (C=O) groups is 1. The average molecular weight is 295 g/mol. The van der Waals surface area contributed by atoms with E-state index in [1.165, 1.54) is 18.2 Å². The number of Topliss-reactive ketones (excluding diaryl/α,β-unsaturated/α-hetero) is 1. The van der Waals surface area contributed by atoms with Gasteiger partial charge in [-0.1, -0.05) is 16.8 Å². The van der Waals surface area contributed by atoms with E-state index in [-0.39, 0.29) is 23.9 Å². The van der Waals surface area contributed by atoms with E-state index in [1.54, 1.807) is 10.9 Å². The SMILES string of the molecule is O=C(Cc1cc(F)ccc1Cl)c1cn(C2CNC2)nn1. The molecule has 1 aromatic carbocycles. The fourth-order valence-electron chi connectivity index (χ4n) is 1.99. The average Bonchev–Trinajstić information content (AvgIpc) is 2.81. The second-order valence-electron chi connectivity index (χ2n) is 4.73. The van der Waals surface area contributed by atoms with Gasteiger partial charge in [-0.2, -0.15) is 0 Å². The van der Waals surface area contributed by atoms with Gasteiger partial charge >= 0.3 is 0 Å². The molecule has 0 aliphatic carbocycles. The molecule has 0 saturated carbocycles. The maximum absolute atomic E-state index is 13.2. The molecular formula is C13H12ClFN4O. The highest BCUT2D eigenvalue weighted by Gasteiger charge is 2.22. The van der Waals surface area contributed by atoms with Crippen LogP contribution in [0, 0.1) is 5.82 Å². The molecule has 0 radical (unpaired) electrons. The molecule has 1 fully saturated rings. The summed E-state index contributed by atoms with van der Waals surface area (Å²) < 4.78 is 14.8. The van der Waals surface area contributed by atoms with Crippen molar-refractivity contribution in [2.75, 3.05) is 13.1 Å². The van der Waals surface area contributed by atoms with Gasteiger partial charge in [0.05, 0.1) is 12.2 Å². The van der Waals surface area contributed by atoms with E-state index in [0.717, 1.165) is 13.1 Å². The smallest absolute Gasteiger partial charge is 0.189 e. The van der Waals surface area contributed by atoms with Crippen LogP contribution in [0.1, 0.15) is 22.1 Å². The number of aromatic nitrogens is 3. The van der Waals surface area contributed by atoms with Crippen molar-refractivity contribution in [3.05, 3.63) is 46.5 Å². The predicted molar refractivity (Wildman–Crippen MR) is 71.4 cm³/mol. The lowest BCUT2D eigenvalue weighted by Gasteiger charge is -2.26. The van der Waals surface area contributed by atoms with Crippen molar-refractivity contribution in [1.82, 2.24) is 20.3 Å². The van der Waals surface area contributed by atoms with Crippen molar-refractivity contribution in [1.29, 1.82) is 0 Å². The van der Waals surface area contributed by atoms with E-state index >= 15 is 0 Å². The highest BCUT2D eigenvalue weighted by Crippen LogP contribution is 2.19. The second kappa shape index (κ2) is 5.30. The number of ketones is 1. The van der Waals surface area contributed by atoms with Crippen molar-refractivity contribution >= 4 is 17.4 Å². The molecule has 1 N–H and O–H groups in total. The van der Waals surface area contributed by atoms with Crippen LogP contribution in [0.25, 0.3) is 0 Å². The molecule has 1 saturated heterocycles. The van der Waals surface area contributed by atoms with E-state index in [9.17, 15) is 9.18 Å². The Hall–Kier alpha value is -1.79. The number of carbonyl (C=O) groups excluding carboxylic acids is 1. The number of halogens is 2. The van der Waals surface area contributed by atoms with E-state index in [0.29, 0.717) is 10.6 Å². The Kier molecular flexibility index (Phi) is 3.50. The van der Waals surface area contributed by atoms with E-state index < -0.39 is 5.82 Å². The van der Waals surface area contributed by atoms with Gasteiger partial charge in [0.1, 0.15) is 11.5 Å². The Labute approximate surface area is 119 Å². The lowest BCUT2D eigenvalue weighted by Crippen LogP contribution is -2.43. The predicted octanol–water partition coefficient (Wildman–Crippen LogP) is 1.64. The summed E-state index contributed by atoms with van der Waals surface area (Å²) >= 11 is 5.95. The zero-order valence-corrected chi connectivity index (χ0v) is 11.3. The van der Waals surface area contributed by atoms with Crippen molar-refractivity contribution in [3.8, 4) is 0 Å². The summed E-state index contributed by atoms with van der Waals surface area (Å²) in [4.78, 5) is 12.1. The van der Waals surface area contributed by atoms with Gasteiger partial charge in [0.25, 0.3) is 0 Å². The summed E-state index contributed by atoms with van der Waals surface area (Å²) in [5.41, 5.74) is 0.730. The number of hydrogen-bond acceptors (Lipinski definition) is 4. The summed E-state index contributed by atoms with van der Waals surface area (Å²) in [6.45, 7) is 1.65. The van der Waals surface area contributed by atoms with Gasteiger partial charge in [0.15, 0.2) is 5.78 Å². The molecule has 3 rings (SSSR count). The van der Waals surface area contributed by atoms with Gasteiger partial charge in [-0.05, 0) is 23.8 Å². The summed E-state index contributed by atoms with van der Waals surface area (Å²) in [6.07, 6.45) is 1.64. The summed E-state index contributed by atoms with van der Waals surface area (Å²) in [5, 5.41) is 11.3. The van der Waals surface area contributed by atoms with Crippen LogP contribution in [-0.2, 0) is 6.42 Å². The monoisotopic (exact) mass is 294 g/mol. The molecule has 0 bridgehead atoms. The maximum Gasteiger partial charge on any atom is 0.189 e. The molecule has 1 aliphatic rings. The molecule has 20 heavy (non-hydrogen) atoms. The Morgan fingerprint density at radius 3 is 3.00 bits per heavy atom. The normalized spacial score (nSPS) is 15.1. The zero-order valence-electron chi connectivity index (χ0n) is 10.5. The molecule has 5 nitrogen and oxygen atoms in total. The van der Waals surface area contributed by atoms with Crippen LogP contribution in [0.5, 0.6) is 0 Å². The largest absolute Gasteiger partial charge is 0.312 e. The summed E-state index contributed by atoms with van der Waals surface area (Å²) in [6, 6.07) is 4.22. The van der Waals surface area contributed by atoms with E-state index in [4.69, 9.17) is 11.6 Å². The molecule has 2 aromatic rings. The molecule has 7 heteroatoms. The van der Waals surface area contributed by atoms with Crippen LogP contribution in [0.3, 0.4) is 0 Å². The Bertz CT molecular complexity index is 654. The fourth-order valence-corrected chi connectivity index (χ4v) is 2.17. The van der Waals surface area contributed by atoms with Gasteiger partial charge in [-0.25, -0.2) is 9.07 Å². The van der Waals surface area contributed by atoms with Crippen molar-refractivity contribution < 1.29 is 9.18 Å². The third-order valence-corrected chi connectivity index (χ3v) is 3.66. The highest BCUT2D eigenvalue weighted by molar-refractivity contribution is 6.31. The van der Waals surface area contributed by atoms with Crippen LogP contribution < -0.4 is 5.32 Å². The minimum Gasteiger partial charge on any atom is -0.312 e. The lowest BCUT2D eigenvalue weighted by molar-refractivity contribution is 0.0988. The Morgan fingerprint density at radius 1 is 1.50 bits per heavy atom. The number of hydrogen-bond donors (Lipinski definition) is 1. The van der Waals surface area contributed by atoms with Crippen molar-refractivity contribution in [3.63, 3.8) is 0 Å². The van der Waals surface area contributed by atoms with Gasteiger partial charge < -0.3 is 5.32 Å². The van der Waals surface area contributed by atoms with Crippen LogP contribution >= 0.6 is 11.6 Å². The molecule has 104 valence electrons. The summed E-state index contributed by atoms with van der Waals surface area (Å²) in [7, 11) is 0. The highest BCUT2D eigenvalue weighted by atomic mass is 35.5. The van der Waals surface area contributed by atoms with Crippen LogP contribution in [0.15, 0.2) is 24.4 Å². The van der Waals surface area contributed by atoms with Crippen LogP contribution in [0.4, 0.5) is 4.39 Å². The molecule has 0 amide bonds. The molecule has 1 aliphatic heterocycles. The van der Waals surface area contributed by atoms with Crippen LogP contribution in [0.2, 0.25) is 5.02 Å². The van der Waals surface area contributed by atoms with Crippen molar-refractivity contribution in [2.45, 2.75) is 12.5 Å². The summed E-state index contributed by atoms with van der Waals surface area (Å²) in [5.74, 6) is -0.641. The fraction of sp³-hybridized carbons (Fsp3) is 0.308. The standard InChI is InChI=1S/C13H12ClFN4O/c14-11-2-1-9(15)3-8(11)4-13(20)12-7-19(18-17-12)10-5-16-6-10/h1-3,7,10,16H,4-6H2. The van der Waals surface area contributed by atoms with E-state index in [2.05, 4.69) is 15.6 Å². The first-order chi connectivity index (χ1) is 9.63. The first-order valence-electron chi connectivity index (χ1n) is 6.23. The topological polar surface area (TPSA) is 59.8 Å². The van der Waals surface area contributed by atoms with E-state index in [1.807, 2.05) is 0 Å². The van der Waals surface area contributed by atoms with Gasteiger partial charge in [-0.15, -0.1) is 5.10 Å². The third-order valence-electron chi connectivity index (χ3n) is 3.29. The molecule has 1 aromatic heterocycles. The lowest BCUT2D eigenvalue weighted by atomic mass is 10.1. The minimum atomic E-state index is -0.415. The molecule has 0 unspecified atom stereocenters.